The summed E-state index contributed by atoms with van der Waals surface area (Å²) in [5.41, 5.74) is 7.14. The molecule has 4 nitrogen and oxygen atoms in total. The molecule has 0 aliphatic rings. The van der Waals surface area contributed by atoms with Crippen LogP contribution in [0.3, 0.4) is 0 Å². The lowest BCUT2D eigenvalue weighted by molar-refractivity contribution is 0.584. The first-order valence-corrected chi connectivity index (χ1v) is 4.58. The maximum absolute atomic E-state index is 5.54. The number of para-hydroxylation sites is 2. The largest absolute Gasteiger partial charge is 0.423 e. The van der Waals surface area contributed by atoms with Gasteiger partial charge in [-0.15, -0.1) is 0 Å². The van der Waals surface area contributed by atoms with Gasteiger partial charge in [0.05, 0.1) is 0 Å². The molecule has 2 aromatic rings. The van der Waals surface area contributed by atoms with Crippen LogP contribution in [-0.4, -0.2) is 25.1 Å². The fraction of sp³-hybridized carbons (Fsp3) is 0.300. The van der Waals surface area contributed by atoms with Crippen LogP contribution in [-0.2, 0) is 0 Å². The minimum atomic E-state index is 0.592. The molecule has 0 saturated carbocycles. The van der Waals surface area contributed by atoms with Crippen LogP contribution in [0.4, 0.5) is 6.01 Å². The Labute approximate surface area is 82.3 Å². The van der Waals surface area contributed by atoms with Crippen molar-refractivity contribution in [3.05, 3.63) is 24.3 Å². The molecule has 0 bridgehead atoms. The second-order valence-electron chi connectivity index (χ2n) is 3.17. The fourth-order valence-corrected chi connectivity index (χ4v) is 1.31. The van der Waals surface area contributed by atoms with Gasteiger partial charge in [0.2, 0.25) is 0 Å². The Morgan fingerprint density at radius 2 is 2.21 bits per heavy atom. The number of likely N-dealkylation sites (N-methyl/N-ethyl adjacent to an activating group) is 1. The number of nitrogens with two attached hydrogens (primary N) is 1. The van der Waals surface area contributed by atoms with Crippen molar-refractivity contribution >= 4 is 17.1 Å². The van der Waals surface area contributed by atoms with Crippen molar-refractivity contribution in [1.82, 2.24) is 4.98 Å². The van der Waals surface area contributed by atoms with Gasteiger partial charge in [0.25, 0.3) is 6.01 Å². The Kier molecular flexibility index (Phi) is 2.37. The van der Waals surface area contributed by atoms with Gasteiger partial charge in [-0.25, -0.2) is 0 Å². The van der Waals surface area contributed by atoms with Crippen LogP contribution in [0, 0.1) is 0 Å². The standard InChI is InChI=1S/C10H13N3O/c1-13(7-6-11)10-12-8-4-2-3-5-9(8)14-10/h2-5H,6-7,11H2,1H3. The topological polar surface area (TPSA) is 55.3 Å². The van der Waals surface area contributed by atoms with E-state index in [2.05, 4.69) is 4.98 Å². The van der Waals surface area contributed by atoms with Crippen molar-refractivity contribution in [3.8, 4) is 0 Å². The van der Waals surface area contributed by atoms with Crippen LogP contribution in [0.1, 0.15) is 0 Å². The number of oxazole rings is 1. The molecule has 74 valence electrons. The molecule has 4 heteroatoms. The SMILES string of the molecule is CN(CCN)c1nc2ccccc2o1. The van der Waals surface area contributed by atoms with Gasteiger partial charge in [0, 0.05) is 20.1 Å². The molecule has 0 amide bonds. The number of benzene rings is 1. The van der Waals surface area contributed by atoms with Crippen LogP contribution >= 0.6 is 0 Å². The summed E-state index contributed by atoms with van der Waals surface area (Å²) in [6.07, 6.45) is 0. The lowest BCUT2D eigenvalue weighted by atomic mass is 10.3. The Morgan fingerprint density at radius 3 is 2.93 bits per heavy atom. The van der Waals surface area contributed by atoms with E-state index >= 15 is 0 Å². The van der Waals surface area contributed by atoms with E-state index in [1.807, 2.05) is 36.2 Å². The number of anilines is 1. The fourth-order valence-electron chi connectivity index (χ4n) is 1.31. The smallest absolute Gasteiger partial charge is 0.298 e. The molecule has 2 N–H and O–H groups in total. The van der Waals surface area contributed by atoms with Gasteiger partial charge in [0.1, 0.15) is 5.52 Å². The number of hydrogen-bond donors (Lipinski definition) is 1. The van der Waals surface area contributed by atoms with E-state index in [-0.39, 0.29) is 0 Å². The molecule has 0 spiro atoms. The number of hydrogen-bond acceptors (Lipinski definition) is 4. The molecule has 0 fully saturated rings. The van der Waals surface area contributed by atoms with Crippen LogP contribution in [0.15, 0.2) is 28.7 Å². The first kappa shape index (κ1) is 9.02. The van der Waals surface area contributed by atoms with Gasteiger partial charge < -0.3 is 15.1 Å². The number of aromatic nitrogens is 1. The van der Waals surface area contributed by atoms with Crippen molar-refractivity contribution in [2.75, 3.05) is 25.0 Å². The summed E-state index contributed by atoms with van der Waals surface area (Å²) in [5, 5.41) is 0. The molecule has 14 heavy (non-hydrogen) atoms. The van der Waals surface area contributed by atoms with Gasteiger partial charge in [0.15, 0.2) is 5.58 Å². The number of nitrogens with zero attached hydrogens (tertiary/aromatic N) is 2. The van der Waals surface area contributed by atoms with E-state index in [1.165, 1.54) is 0 Å². The molecule has 0 unspecified atom stereocenters. The molecular formula is C10H13N3O. The lowest BCUT2D eigenvalue weighted by Crippen LogP contribution is -2.25. The highest BCUT2D eigenvalue weighted by Crippen LogP contribution is 2.19. The molecule has 1 aromatic heterocycles. The zero-order valence-electron chi connectivity index (χ0n) is 8.10. The highest BCUT2D eigenvalue weighted by molar-refractivity contribution is 5.74. The van der Waals surface area contributed by atoms with Crippen molar-refractivity contribution in [1.29, 1.82) is 0 Å². The highest BCUT2D eigenvalue weighted by atomic mass is 16.4. The third-order valence-electron chi connectivity index (χ3n) is 2.07. The van der Waals surface area contributed by atoms with E-state index in [0.717, 1.165) is 17.6 Å². The maximum Gasteiger partial charge on any atom is 0.298 e. The second kappa shape index (κ2) is 3.67. The predicted octanol–water partition coefficient (Wildman–Crippen LogP) is 1.22. The number of fused-ring (bicyclic) bond motifs is 1. The summed E-state index contributed by atoms with van der Waals surface area (Å²) < 4.78 is 5.54. The summed E-state index contributed by atoms with van der Waals surface area (Å²) >= 11 is 0. The van der Waals surface area contributed by atoms with Gasteiger partial charge in [-0.3, -0.25) is 0 Å². The molecule has 0 aliphatic carbocycles. The van der Waals surface area contributed by atoms with E-state index in [9.17, 15) is 0 Å². The van der Waals surface area contributed by atoms with Crippen LogP contribution < -0.4 is 10.6 Å². The Hall–Kier alpha value is -1.55. The van der Waals surface area contributed by atoms with E-state index < -0.39 is 0 Å². The molecule has 1 heterocycles. The van der Waals surface area contributed by atoms with Crippen LogP contribution in [0.2, 0.25) is 0 Å². The normalized spacial score (nSPS) is 10.7. The van der Waals surface area contributed by atoms with E-state index in [0.29, 0.717) is 12.6 Å². The van der Waals surface area contributed by atoms with Crippen molar-refractivity contribution in [3.63, 3.8) is 0 Å². The molecule has 2 rings (SSSR count). The summed E-state index contributed by atoms with van der Waals surface area (Å²) in [4.78, 5) is 6.24. The van der Waals surface area contributed by atoms with Crippen molar-refractivity contribution < 1.29 is 4.42 Å². The quantitative estimate of drug-likeness (QED) is 0.792. The Morgan fingerprint density at radius 1 is 1.43 bits per heavy atom. The second-order valence-corrected chi connectivity index (χ2v) is 3.17. The van der Waals surface area contributed by atoms with E-state index in [4.69, 9.17) is 10.2 Å². The first-order valence-electron chi connectivity index (χ1n) is 4.58. The molecule has 0 atom stereocenters. The molecule has 0 saturated heterocycles. The zero-order valence-corrected chi connectivity index (χ0v) is 8.10. The Balaban J connectivity index is 2.35. The minimum Gasteiger partial charge on any atom is -0.423 e. The minimum absolute atomic E-state index is 0.592. The summed E-state index contributed by atoms with van der Waals surface area (Å²) in [5.74, 6) is 0. The maximum atomic E-state index is 5.54. The highest BCUT2D eigenvalue weighted by Gasteiger charge is 2.08. The molecule has 0 radical (unpaired) electrons. The van der Waals surface area contributed by atoms with Gasteiger partial charge >= 0.3 is 0 Å². The van der Waals surface area contributed by atoms with Crippen LogP contribution in [0.5, 0.6) is 0 Å². The first-order chi connectivity index (χ1) is 6.81. The zero-order chi connectivity index (χ0) is 9.97. The van der Waals surface area contributed by atoms with Gasteiger partial charge in [-0.2, -0.15) is 4.98 Å². The van der Waals surface area contributed by atoms with Gasteiger partial charge in [-0.1, -0.05) is 12.1 Å². The molecule has 1 aromatic carbocycles. The van der Waals surface area contributed by atoms with Crippen molar-refractivity contribution in [2.24, 2.45) is 5.73 Å². The molecule has 0 aliphatic heterocycles. The summed E-state index contributed by atoms with van der Waals surface area (Å²) in [6.45, 7) is 1.34. The summed E-state index contributed by atoms with van der Waals surface area (Å²) in [6, 6.07) is 8.33. The average Bonchev–Trinajstić information content (AvgIpc) is 2.61. The monoisotopic (exact) mass is 191 g/mol. The number of rotatable bonds is 3. The van der Waals surface area contributed by atoms with Gasteiger partial charge in [-0.05, 0) is 12.1 Å². The summed E-state index contributed by atoms with van der Waals surface area (Å²) in [7, 11) is 1.91. The van der Waals surface area contributed by atoms with Crippen molar-refractivity contribution in [2.45, 2.75) is 0 Å². The van der Waals surface area contributed by atoms with Crippen LogP contribution in [0.25, 0.3) is 11.1 Å². The average molecular weight is 191 g/mol. The van der Waals surface area contributed by atoms with E-state index in [1.54, 1.807) is 0 Å². The third kappa shape index (κ3) is 1.56. The predicted molar refractivity (Wildman–Crippen MR) is 56.3 cm³/mol. The molecular weight excluding hydrogens is 178 g/mol. The lowest BCUT2D eigenvalue weighted by Gasteiger charge is -2.11. The third-order valence-corrected chi connectivity index (χ3v) is 2.07. The Bertz CT molecular complexity index is 391.